The average molecular weight is 505 g/mol. The van der Waals surface area contributed by atoms with Gasteiger partial charge < -0.3 is 15.0 Å². The lowest BCUT2D eigenvalue weighted by Crippen LogP contribution is -2.12. The summed E-state index contributed by atoms with van der Waals surface area (Å²) in [6.07, 6.45) is -2.86. The predicted molar refractivity (Wildman–Crippen MR) is 122 cm³/mol. The highest BCUT2D eigenvalue weighted by atomic mass is 79.9. The van der Waals surface area contributed by atoms with Crippen molar-refractivity contribution in [2.75, 3.05) is 5.32 Å². The zero-order chi connectivity index (χ0) is 23.1. The van der Waals surface area contributed by atoms with Gasteiger partial charge >= 0.3 is 6.18 Å². The number of benzene rings is 2. The largest absolute Gasteiger partial charge is 0.437 e. The number of ether oxygens (including phenoxy) is 1. The zero-order valence-corrected chi connectivity index (χ0v) is 19.1. The van der Waals surface area contributed by atoms with Crippen LogP contribution in [0, 0.1) is 0 Å². The summed E-state index contributed by atoms with van der Waals surface area (Å²) >= 11 is 3.18. The number of nitrogens with zero attached hydrogens (tertiary/aromatic N) is 2. The molecule has 0 aliphatic carbocycles. The standard InChI is InChI=1S/C23H20BrF3N4O/c1-22(2,3)14-7-4-5-9-18(14)32-20-16(8-6-10-28-20)29-21-30-17-12-13(23(25,26)27)11-15(24)19(17)31-21/h4-12H,1-3H3,(H2,29,30,31). The van der Waals surface area contributed by atoms with E-state index in [1.807, 2.05) is 24.3 Å². The van der Waals surface area contributed by atoms with E-state index in [4.69, 9.17) is 4.74 Å². The van der Waals surface area contributed by atoms with Gasteiger partial charge in [0, 0.05) is 16.2 Å². The van der Waals surface area contributed by atoms with Crippen LogP contribution in [-0.4, -0.2) is 15.0 Å². The number of alkyl halides is 3. The fourth-order valence-corrected chi connectivity index (χ4v) is 3.82. The van der Waals surface area contributed by atoms with Gasteiger partial charge in [0.1, 0.15) is 17.0 Å². The molecule has 2 aromatic carbocycles. The Kier molecular flexibility index (Phi) is 5.62. The minimum Gasteiger partial charge on any atom is -0.437 e. The minimum absolute atomic E-state index is 0.139. The number of hydrogen-bond acceptors (Lipinski definition) is 4. The summed E-state index contributed by atoms with van der Waals surface area (Å²) in [5, 5.41) is 3.07. The molecule has 0 aliphatic heterocycles. The van der Waals surface area contributed by atoms with Crippen LogP contribution in [-0.2, 0) is 11.6 Å². The van der Waals surface area contributed by atoms with Crippen molar-refractivity contribution in [3.05, 3.63) is 70.3 Å². The molecule has 0 amide bonds. The van der Waals surface area contributed by atoms with Gasteiger partial charge in [0.2, 0.25) is 11.8 Å². The van der Waals surface area contributed by atoms with Crippen LogP contribution in [0.2, 0.25) is 0 Å². The van der Waals surface area contributed by atoms with Gasteiger partial charge in [-0.2, -0.15) is 13.2 Å². The lowest BCUT2D eigenvalue weighted by atomic mass is 9.86. The van der Waals surface area contributed by atoms with Crippen molar-refractivity contribution < 1.29 is 17.9 Å². The summed E-state index contributed by atoms with van der Waals surface area (Å²) in [5.41, 5.74) is 1.26. The molecule has 0 saturated carbocycles. The Morgan fingerprint density at radius 2 is 1.78 bits per heavy atom. The molecule has 0 unspecified atom stereocenters. The Morgan fingerprint density at radius 3 is 2.50 bits per heavy atom. The van der Waals surface area contributed by atoms with Crippen LogP contribution in [0.5, 0.6) is 11.6 Å². The molecule has 0 radical (unpaired) electrons. The molecule has 166 valence electrons. The summed E-state index contributed by atoms with van der Waals surface area (Å²) in [6.45, 7) is 6.27. The number of anilines is 2. The van der Waals surface area contributed by atoms with Crippen molar-refractivity contribution >= 4 is 38.6 Å². The van der Waals surface area contributed by atoms with E-state index in [-0.39, 0.29) is 21.4 Å². The molecular formula is C23H20BrF3N4O. The number of para-hydroxylation sites is 1. The maximum Gasteiger partial charge on any atom is 0.416 e. The first-order valence-corrected chi connectivity index (χ1v) is 10.6. The minimum atomic E-state index is -4.46. The molecule has 0 saturated heterocycles. The maximum atomic E-state index is 13.1. The predicted octanol–water partition coefficient (Wildman–Crippen LogP) is 7.57. The molecule has 4 rings (SSSR count). The highest BCUT2D eigenvalue weighted by Gasteiger charge is 2.31. The highest BCUT2D eigenvalue weighted by Crippen LogP contribution is 2.37. The summed E-state index contributed by atoms with van der Waals surface area (Å²) in [5.74, 6) is 1.26. The molecule has 2 N–H and O–H groups in total. The number of pyridine rings is 1. The number of H-pyrrole nitrogens is 1. The van der Waals surface area contributed by atoms with E-state index in [2.05, 4.69) is 57.0 Å². The fraction of sp³-hybridized carbons (Fsp3) is 0.217. The van der Waals surface area contributed by atoms with Crippen LogP contribution in [0.15, 0.2) is 59.2 Å². The Labute approximate surface area is 191 Å². The zero-order valence-electron chi connectivity index (χ0n) is 17.5. The van der Waals surface area contributed by atoms with Crippen molar-refractivity contribution in [2.24, 2.45) is 0 Å². The molecule has 2 aromatic heterocycles. The summed E-state index contributed by atoms with van der Waals surface area (Å²) in [7, 11) is 0. The van der Waals surface area contributed by atoms with Crippen LogP contribution < -0.4 is 10.1 Å². The number of aromatic amines is 1. The number of hydrogen-bond donors (Lipinski definition) is 2. The summed E-state index contributed by atoms with van der Waals surface area (Å²) in [4.78, 5) is 11.6. The van der Waals surface area contributed by atoms with Gasteiger partial charge in [0.25, 0.3) is 0 Å². The van der Waals surface area contributed by atoms with Crippen LogP contribution >= 0.6 is 15.9 Å². The topological polar surface area (TPSA) is 62.8 Å². The molecular weight excluding hydrogens is 485 g/mol. The Balaban J connectivity index is 1.68. The van der Waals surface area contributed by atoms with Crippen molar-refractivity contribution in [1.29, 1.82) is 0 Å². The maximum absolute atomic E-state index is 13.1. The monoisotopic (exact) mass is 504 g/mol. The Bertz CT molecular complexity index is 1280. The van der Waals surface area contributed by atoms with E-state index in [1.54, 1.807) is 18.3 Å². The van der Waals surface area contributed by atoms with E-state index in [0.29, 0.717) is 22.8 Å². The number of rotatable bonds is 4. The van der Waals surface area contributed by atoms with E-state index in [9.17, 15) is 13.2 Å². The van der Waals surface area contributed by atoms with Gasteiger partial charge in [0.05, 0.1) is 11.1 Å². The first-order chi connectivity index (χ1) is 15.0. The van der Waals surface area contributed by atoms with Crippen molar-refractivity contribution in [3.8, 4) is 11.6 Å². The van der Waals surface area contributed by atoms with Crippen LogP contribution in [0.25, 0.3) is 11.0 Å². The highest BCUT2D eigenvalue weighted by molar-refractivity contribution is 9.10. The second-order valence-electron chi connectivity index (χ2n) is 8.27. The Morgan fingerprint density at radius 1 is 1.03 bits per heavy atom. The molecule has 5 nitrogen and oxygen atoms in total. The molecule has 9 heteroatoms. The second kappa shape index (κ2) is 8.12. The molecule has 2 heterocycles. The number of nitrogens with one attached hydrogen (secondary N) is 2. The summed E-state index contributed by atoms with van der Waals surface area (Å²) in [6, 6.07) is 13.2. The van der Waals surface area contributed by atoms with Gasteiger partial charge in [-0.1, -0.05) is 39.0 Å². The first kappa shape index (κ1) is 22.1. The first-order valence-electron chi connectivity index (χ1n) is 9.78. The van der Waals surface area contributed by atoms with E-state index < -0.39 is 11.7 Å². The SMILES string of the molecule is CC(C)(C)c1ccccc1Oc1ncccc1Nc1nc2c(Br)cc(C(F)(F)F)cc2[nH]1. The van der Waals surface area contributed by atoms with Gasteiger partial charge in [-0.3, -0.25) is 0 Å². The molecule has 0 spiro atoms. The molecule has 0 aliphatic rings. The number of imidazole rings is 1. The van der Waals surface area contributed by atoms with E-state index in [0.717, 1.165) is 17.7 Å². The van der Waals surface area contributed by atoms with E-state index >= 15 is 0 Å². The van der Waals surface area contributed by atoms with Crippen molar-refractivity contribution in [2.45, 2.75) is 32.4 Å². The third kappa shape index (κ3) is 4.57. The molecule has 0 atom stereocenters. The van der Waals surface area contributed by atoms with Crippen molar-refractivity contribution in [3.63, 3.8) is 0 Å². The second-order valence-corrected chi connectivity index (χ2v) is 9.12. The normalized spacial score (nSPS) is 12.2. The van der Waals surface area contributed by atoms with Gasteiger partial charge in [-0.15, -0.1) is 0 Å². The lowest BCUT2D eigenvalue weighted by Gasteiger charge is -2.22. The van der Waals surface area contributed by atoms with Gasteiger partial charge in [0.15, 0.2) is 0 Å². The quantitative estimate of drug-likeness (QED) is 0.300. The third-order valence-corrected chi connectivity index (χ3v) is 5.40. The van der Waals surface area contributed by atoms with Crippen molar-refractivity contribution in [1.82, 2.24) is 15.0 Å². The third-order valence-electron chi connectivity index (χ3n) is 4.79. The summed E-state index contributed by atoms with van der Waals surface area (Å²) < 4.78 is 45.8. The molecule has 32 heavy (non-hydrogen) atoms. The molecule has 4 aromatic rings. The number of halogens is 4. The number of fused-ring (bicyclic) bond motifs is 1. The van der Waals surface area contributed by atoms with Crippen LogP contribution in [0.3, 0.4) is 0 Å². The number of aromatic nitrogens is 3. The lowest BCUT2D eigenvalue weighted by molar-refractivity contribution is -0.137. The fourth-order valence-electron chi connectivity index (χ4n) is 3.27. The smallest absolute Gasteiger partial charge is 0.416 e. The average Bonchev–Trinajstić information content (AvgIpc) is 3.12. The van der Waals surface area contributed by atoms with Gasteiger partial charge in [-0.25, -0.2) is 9.97 Å². The molecule has 0 fully saturated rings. The molecule has 0 bridgehead atoms. The van der Waals surface area contributed by atoms with Crippen LogP contribution in [0.4, 0.5) is 24.8 Å². The Hall–Kier alpha value is -3.07. The van der Waals surface area contributed by atoms with Gasteiger partial charge in [-0.05, 0) is 51.7 Å². The van der Waals surface area contributed by atoms with Crippen LogP contribution in [0.1, 0.15) is 31.9 Å². The van der Waals surface area contributed by atoms with E-state index in [1.165, 1.54) is 0 Å².